The zero-order valence-corrected chi connectivity index (χ0v) is 18.6. The van der Waals surface area contributed by atoms with Crippen LogP contribution >= 0.6 is 23.4 Å². The van der Waals surface area contributed by atoms with Crippen LogP contribution in [0.4, 0.5) is 0 Å². The molecule has 1 fully saturated rings. The number of rotatable bonds is 4. The van der Waals surface area contributed by atoms with Crippen LogP contribution in [0.15, 0.2) is 58.5 Å². The van der Waals surface area contributed by atoms with Gasteiger partial charge < -0.3 is 4.90 Å². The van der Waals surface area contributed by atoms with Gasteiger partial charge in [-0.1, -0.05) is 41.6 Å². The van der Waals surface area contributed by atoms with Gasteiger partial charge in [-0.2, -0.15) is 0 Å². The minimum absolute atomic E-state index is 0.0831. The fourth-order valence-electron chi connectivity index (χ4n) is 4.17. The van der Waals surface area contributed by atoms with Crippen molar-refractivity contribution in [1.82, 2.24) is 14.5 Å². The molecule has 2 aromatic carbocycles. The molecule has 0 saturated carbocycles. The number of piperidine rings is 1. The van der Waals surface area contributed by atoms with Crippen molar-refractivity contribution in [3.63, 3.8) is 0 Å². The Hall–Kier alpha value is -2.31. The Labute approximate surface area is 185 Å². The summed E-state index contributed by atoms with van der Waals surface area (Å²) in [6.07, 6.45) is 3.21. The number of amides is 1. The summed E-state index contributed by atoms with van der Waals surface area (Å²) in [7, 11) is 0. The van der Waals surface area contributed by atoms with Crippen LogP contribution in [0.25, 0.3) is 16.6 Å². The summed E-state index contributed by atoms with van der Waals surface area (Å²) in [6, 6.07) is 14.9. The first-order valence-corrected chi connectivity index (χ1v) is 11.5. The van der Waals surface area contributed by atoms with E-state index in [1.54, 1.807) is 28.8 Å². The molecule has 1 amide bonds. The Kier molecular flexibility index (Phi) is 6.16. The number of para-hydroxylation sites is 1. The van der Waals surface area contributed by atoms with Gasteiger partial charge in [-0.15, -0.1) is 0 Å². The van der Waals surface area contributed by atoms with Crippen LogP contribution in [0.2, 0.25) is 5.02 Å². The number of nitrogens with zero attached hydrogens (tertiary/aromatic N) is 3. The zero-order chi connectivity index (χ0) is 21.3. The number of thioether (sulfide) groups is 1. The Morgan fingerprint density at radius 3 is 2.60 bits per heavy atom. The largest absolute Gasteiger partial charge is 0.337 e. The lowest BCUT2D eigenvalue weighted by atomic mass is 9.98. The van der Waals surface area contributed by atoms with Crippen molar-refractivity contribution in [3.8, 4) is 5.69 Å². The quantitative estimate of drug-likeness (QED) is 0.426. The van der Waals surface area contributed by atoms with Gasteiger partial charge in [-0.25, -0.2) is 4.98 Å². The first-order chi connectivity index (χ1) is 14.5. The van der Waals surface area contributed by atoms with Crippen molar-refractivity contribution >= 4 is 40.2 Å². The number of aromatic nitrogens is 2. The van der Waals surface area contributed by atoms with Crippen LogP contribution in [0, 0.1) is 0 Å². The van der Waals surface area contributed by atoms with E-state index >= 15 is 0 Å². The van der Waals surface area contributed by atoms with Gasteiger partial charge in [0.15, 0.2) is 5.16 Å². The minimum Gasteiger partial charge on any atom is -0.337 e. The third-order valence-corrected chi connectivity index (χ3v) is 6.78. The standard InChI is InChI=1S/C23H24ClN3O2S/c1-15-7-5-8-16(2)26(15)21(28)14-30-23-25-20-12-4-3-11-19(20)22(29)27(23)18-10-6-9-17(24)13-18/h3-4,6,9-13,15-16H,5,7-8,14H2,1-2H3/t15-,16+. The molecular formula is C23H24ClN3O2S. The van der Waals surface area contributed by atoms with Crippen molar-refractivity contribution in [2.75, 3.05) is 5.75 Å². The van der Waals surface area contributed by atoms with E-state index < -0.39 is 0 Å². The van der Waals surface area contributed by atoms with Gasteiger partial charge in [0.05, 0.1) is 22.3 Å². The molecule has 5 nitrogen and oxygen atoms in total. The average Bonchev–Trinajstić information content (AvgIpc) is 2.72. The van der Waals surface area contributed by atoms with Gasteiger partial charge in [-0.3, -0.25) is 14.2 Å². The van der Waals surface area contributed by atoms with E-state index in [1.807, 2.05) is 29.2 Å². The number of carbonyl (C=O) groups is 1. The highest BCUT2D eigenvalue weighted by Crippen LogP contribution is 2.26. The Morgan fingerprint density at radius 1 is 1.13 bits per heavy atom. The van der Waals surface area contributed by atoms with Gasteiger partial charge in [0.2, 0.25) is 5.91 Å². The lowest BCUT2D eigenvalue weighted by Gasteiger charge is -2.39. The van der Waals surface area contributed by atoms with E-state index in [1.165, 1.54) is 11.8 Å². The molecule has 30 heavy (non-hydrogen) atoms. The monoisotopic (exact) mass is 441 g/mol. The number of halogens is 1. The topological polar surface area (TPSA) is 55.2 Å². The highest BCUT2D eigenvalue weighted by molar-refractivity contribution is 7.99. The lowest BCUT2D eigenvalue weighted by Crippen LogP contribution is -2.48. The Balaban J connectivity index is 1.72. The predicted octanol–water partition coefficient (Wildman–Crippen LogP) is 4.92. The highest BCUT2D eigenvalue weighted by atomic mass is 35.5. The summed E-state index contributed by atoms with van der Waals surface area (Å²) in [5.41, 5.74) is 1.09. The van der Waals surface area contributed by atoms with Crippen LogP contribution in [-0.2, 0) is 4.79 Å². The fourth-order valence-corrected chi connectivity index (χ4v) is 5.23. The number of benzene rings is 2. The number of hydrogen-bond acceptors (Lipinski definition) is 4. The van der Waals surface area contributed by atoms with E-state index in [9.17, 15) is 9.59 Å². The lowest BCUT2D eigenvalue weighted by molar-refractivity contribution is -0.134. The van der Waals surface area contributed by atoms with Crippen LogP contribution in [0.3, 0.4) is 0 Å². The van der Waals surface area contributed by atoms with Crippen LogP contribution < -0.4 is 5.56 Å². The predicted molar refractivity (Wildman–Crippen MR) is 123 cm³/mol. The molecule has 0 radical (unpaired) electrons. The highest BCUT2D eigenvalue weighted by Gasteiger charge is 2.29. The molecule has 2 heterocycles. The summed E-state index contributed by atoms with van der Waals surface area (Å²) in [5.74, 6) is 0.319. The SMILES string of the molecule is C[C@@H]1CCC[C@H](C)N1C(=O)CSc1nc2ccccc2c(=O)n1-c1cccc(Cl)c1. The maximum absolute atomic E-state index is 13.3. The second-order valence-electron chi connectivity index (χ2n) is 7.75. The summed E-state index contributed by atoms with van der Waals surface area (Å²) in [6.45, 7) is 4.21. The molecule has 0 aliphatic carbocycles. The van der Waals surface area contributed by atoms with Gasteiger partial charge in [0.1, 0.15) is 0 Å². The molecule has 1 aliphatic rings. The molecule has 1 aromatic heterocycles. The maximum Gasteiger partial charge on any atom is 0.266 e. The third-order valence-electron chi connectivity index (χ3n) is 5.62. The van der Waals surface area contributed by atoms with E-state index in [0.29, 0.717) is 26.8 Å². The molecule has 2 atom stereocenters. The van der Waals surface area contributed by atoms with Crippen molar-refractivity contribution in [2.45, 2.75) is 50.4 Å². The first kappa shape index (κ1) is 20.9. The normalized spacial score (nSPS) is 19.2. The van der Waals surface area contributed by atoms with E-state index in [0.717, 1.165) is 19.3 Å². The van der Waals surface area contributed by atoms with Gasteiger partial charge in [0.25, 0.3) is 5.56 Å². The molecule has 0 bridgehead atoms. The summed E-state index contributed by atoms with van der Waals surface area (Å²) >= 11 is 7.48. The van der Waals surface area contributed by atoms with Crippen molar-refractivity contribution < 1.29 is 4.79 Å². The number of fused-ring (bicyclic) bond motifs is 1. The van der Waals surface area contributed by atoms with Gasteiger partial charge in [0, 0.05) is 17.1 Å². The van der Waals surface area contributed by atoms with E-state index in [-0.39, 0.29) is 29.3 Å². The minimum atomic E-state index is -0.169. The molecule has 1 saturated heterocycles. The smallest absolute Gasteiger partial charge is 0.266 e. The molecule has 4 rings (SSSR count). The Bertz CT molecular complexity index is 1140. The molecule has 156 valence electrons. The second kappa shape index (κ2) is 8.82. The van der Waals surface area contributed by atoms with Crippen molar-refractivity contribution in [1.29, 1.82) is 0 Å². The van der Waals surface area contributed by atoms with Crippen LogP contribution in [-0.4, -0.2) is 38.2 Å². The average molecular weight is 442 g/mol. The molecule has 3 aromatic rings. The molecule has 0 N–H and O–H groups in total. The first-order valence-electron chi connectivity index (χ1n) is 10.2. The second-order valence-corrected chi connectivity index (χ2v) is 9.13. The van der Waals surface area contributed by atoms with Crippen molar-refractivity contribution in [3.05, 3.63) is 63.9 Å². The summed E-state index contributed by atoms with van der Waals surface area (Å²) < 4.78 is 1.55. The maximum atomic E-state index is 13.3. The molecule has 0 spiro atoms. The van der Waals surface area contributed by atoms with Gasteiger partial charge >= 0.3 is 0 Å². The summed E-state index contributed by atoms with van der Waals surface area (Å²) in [5, 5.41) is 1.56. The Morgan fingerprint density at radius 2 is 1.87 bits per heavy atom. The number of hydrogen-bond donors (Lipinski definition) is 0. The third kappa shape index (κ3) is 4.12. The van der Waals surface area contributed by atoms with Crippen molar-refractivity contribution in [2.24, 2.45) is 0 Å². The van der Waals surface area contributed by atoms with Gasteiger partial charge in [-0.05, 0) is 63.4 Å². The molecule has 0 unspecified atom stereocenters. The fraction of sp³-hybridized carbons (Fsp3) is 0.348. The zero-order valence-electron chi connectivity index (χ0n) is 17.0. The van der Waals surface area contributed by atoms with Crippen LogP contribution in [0.5, 0.6) is 0 Å². The molecule has 7 heteroatoms. The number of carbonyl (C=O) groups excluding carboxylic acids is 1. The molecule has 1 aliphatic heterocycles. The summed E-state index contributed by atoms with van der Waals surface area (Å²) in [4.78, 5) is 33.0. The number of likely N-dealkylation sites (tertiary alicyclic amines) is 1. The van der Waals surface area contributed by atoms with E-state index in [2.05, 4.69) is 13.8 Å². The molecular weight excluding hydrogens is 418 g/mol. The van der Waals surface area contributed by atoms with E-state index in [4.69, 9.17) is 16.6 Å². The van der Waals surface area contributed by atoms with Crippen LogP contribution in [0.1, 0.15) is 33.1 Å².